The van der Waals surface area contributed by atoms with E-state index in [9.17, 15) is 13.2 Å². The molecule has 2 aromatic rings. The Morgan fingerprint density at radius 3 is 2.15 bits per heavy atom. The molecule has 0 saturated carbocycles. The van der Waals surface area contributed by atoms with Gasteiger partial charge < -0.3 is 10.1 Å². The van der Waals surface area contributed by atoms with Gasteiger partial charge in [0.1, 0.15) is 12.4 Å². The SMILES string of the molecule is FC(F)(F)c1ccc(NCCOc2ccccc2)cc1. The predicted molar refractivity (Wildman–Crippen MR) is 71.9 cm³/mol. The van der Waals surface area contributed by atoms with Crippen LogP contribution in [0.15, 0.2) is 54.6 Å². The van der Waals surface area contributed by atoms with E-state index in [2.05, 4.69) is 5.32 Å². The average molecular weight is 281 g/mol. The first kappa shape index (κ1) is 14.2. The number of ether oxygens (including phenoxy) is 1. The summed E-state index contributed by atoms with van der Waals surface area (Å²) in [6, 6.07) is 14.3. The highest BCUT2D eigenvalue weighted by Gasteiger charge is 2.29. The van der Waals surface area contributed by atoms with Crippen molar-refractivity contribution in [3.8, 4) is 5.75 Å². The second-order valence-corrected chi connectivity index (χ2v) is 4.16. The minimum Gasteiger partial charge on any atom is -0.492 e. The standard InChI is InChI=1S/C15H14F3NO/c16-15(17,18)12-6-8-13(9-7-12)19-10-11-20-14-4-2-1-3-5-14/h1-9,19H,10-11H2. The van der Waals surface area contributed by atoms with Crippen LogP contribution in [0, 0.1) is 0 Å². The summed E-state index contributed by atoms with van der Waals surface area (Å²) in [5.41, 5.74) is -0.0155. The molecule has 0 aliphatic rings. The number of alkyl halides is 3. The topological polar surface area (TPSA) is 21.3 Å². The van der Waals surface area contributed by atoms with Crippen LogP contribution in [-0.4, -0.2) is 13.2 Å². The normalized spacial score (nSPS) is 11.2. The van der Waals surface area contributed by atoms with Crippen LogP contribution >= 0.6 is 0 Å². The number of nitrogens with one attached hydrogen (secondary N) is 1. The maximum Gasteiger partial charge on any atom is 0.416 e. The molecule has 0 atom stereocenters. The highest BCUT2D eigenvalue weighted by Crippen LogP contribution is 2.29. The zero-order valence-electron chi connectivity index (χ0n) is 10.7. The van der Waals surface area contributed by atoms with E-state index in [-0.39, 0.29) is 0 Å². The zero-order valence-corrected chi connectivity index (χ0v) is 10.7. The first-order valence-electron chi connectivity index (χ1n) is 6.15. The van der Waals surface area contributed by atoms with Crippen LogP contribution in [0.3, 0.4) is 0 Å². The molecule has 2 rings (SSSR count). The third-order valence-corrected chi connectivity index (χ3v) is 2.66. The minimum absolute atomic E-state index is 0.436. The van der Waals surface area contributed by atoms with E-state index in [0.29, 0.717) is 18.8 Å². The lowest BCUT2D eigenvalue weighted by atomic mass is 10.2. The van der Waals surface area contributed by atoms with Gasteiger partial charge in [-0.2, -0.15) is 13.2 Å². The van der Waals surface area contributed by atoms with E-state index in [0.717, 1.165) is 17.9 Å². The molecular formula is C15H14F3NO. The molecule has 0 spiro atoms. The maximum absolute atomic E-state index is 12.4. The Bertz CT molecular complexity index is 523. The Hall–Kier alpha value is -2.17. The smallest absolute Gasteiger partial charge is 0.416 e. The first-order valence-corrected chi connectivity index (χ1v) is 6.15. The second kappa shape index (κ2) is 6.32. The minimum atomic E-state index is -4.30. The summed E-state index contributed by atoms with van der Waals surface area (Å²) in [5, 5.41) is 3.00. The van der Waals surface area contributed by atoms with Crippen LogP contribution in [0.25, 0.3) is 0 Å². The third kappa shape index (κ3) is 4.19. The quantitative estimate of drug-likeness (QED) is 0.829. The molecule has 2 nitrogen and oxygen atoms in total. The molecule has 5 heteroatoms. The number of para-hydroxylation sites is 1. The average Bonchev–Trinajstić information content (AvgIpc) is 2.44. The summed E-state index contributed by atoms with van der Waals surface area (Å²) in [5.74, 6) is 0.765. The molecule has 0 unspecified atom stereocenters. The summed E-state index contributed by atoms with van der Waals surface area (Å²) in [7, 11) is 0. The molecule has 0 fully saturated rings. The van der Waals surface area contributed by atoms with Crippen molar-refractivity contribution in [2.24, 2.45) is 0 Å². The van der Waals surface area contributed by atoms with E-state index < -0.39 is 11.7 Å². The summed E-state index contributed by atoms with van der Waals surface area (Å²) in [6.45, 7) is 0.950. The lowest BCUT2D eigenvalue weighted by molar-refractivity contribution is -0.137. The molecule has 0 amide bonds. The van der Waals surface area contributed by atoms with Crippen LogP contribution < -0.4 is 10.1 Å². The van der Waals surface area contributed by atoms with Crippen molar-refractivity contribution in [2.45, 2.75) is 6.18 Å². The van der Waals surface area contributed by atoms with Crippen LogP contribution in [-0.2, 0) is 6.18 Å². The van der Waals surface area contributed by atoms with Gasteiger partial charge in [-0.05, 0) is 36.4 Å². The van der Waals surface area contributed by atoms with Crippen molar-refractivity contribution in [3.05, 3.63) is 60.2 Å². The van der Waals surface area contributed by atoms with E-state index in [4.69, 9.17) is 4.74 Å². The van der Waals surface area contributed by atoms with Gasteiger partial charge in [0.05, 0.1) is 5.56 Å². The van der Waals surface area contributed by atoms with E-state index in [1.165, 1.54) is 12.1 Å². The Morgan fingerprint density at radius 2 is 1.55 bits per heavy atom. The van der Waals surface area contributed by atoms with Gasteiger partial charge in [0.25, 0.3) is 0 Å². The van der Waals surface area contributed by atoms with Gasteiger partial charge in [-0.15, -0.1) is 0 Å². The maximum atomic E-state index is 12.4. The molecule has 0 bridgehead atoms. The number of rotatable bonds is 5. The monoisotopic (exact) mass is 281 g/mol. The Kier molecular flexibility index (Phi) is 4.50. The van der Waals surface area contributed by atoms with Crippen LogP contribution in [0.5, 0.6) is 5.75 Å². The number of halogens is 3. The number of anilines is 1. The predicted octanol–water partition coefficient (Wildman–Crippen LogP) is 4.20. The molecular weight excluding hydrogens is 267 g/mol. The van der Waals surface area contributed by atoms with Gasteiger partial charge in [0.2, 0.25) is 0 Å². The fourth-order valence-electron chi connectivity index (χ4n) is 1.66. The number of hydrogen-bond acceptors (Lipinski definition) is 2. The van der Waals surface area contributed by atoms with Crippen LogP contribution in [0.1, 0.15) is 5.56 Å². The molecule has 0 aromatic heterocycles. The van der Waals surface area contributed by atoms with E-state index in [1.54, 1.807) is 0 Å². The fourth-order valence-corrected chi connectivity index (χ4v) is 1.66. The molecule has 2 aromatic carbocycles. The highest BCUT2D eigenvalue weighted by atomic mass is 19.4. The fraction of sp³-hybridized carbons (Fsp3) is 0.200. The largest absolute Gasteiger partial charge is 0.492 e. The number of benzene rings is 2. The van der Waals surface area contributed by atoms with Crippen molar-refractivity contribution < 1.29 is 17.9 Å². The summed E-state index contributed by atoms with van der Waals surface area (Å²) < 4.78 is 42.6. The van der Waals surface area contributed by atoms with Gasteiger partial charge in [-0.3, -0.25) is 0 Å². The molecule has 0 aliphatic heterocycles. The molecule has 1 N–H and O–H groups in total. The van der Waals surface area contributed by atoms with Gasteiger partial charge in [0, 0.05) is 12.2 Å². The third-order valence-electron chi connectivity index (χ3n) is 2.66. The number of hydrogen-bond donors (Lipinski definition) is 1. The Labute approximate surface area is 115 Å². The van der Waals surface area contributed by atoms with E-state index >= 15 is 0 Å². The Morgan fingerprint density at radius 1 is 0.900 bits per heavy atom. The van der Waals surface area contributed by atoms with Crippen molar-refractivity contribution in [2.75, 3.05) is 18.5 Å². The van der Waals surface area contributed by atoms with Gasteiger partial charge in [0.15, 0.2) is 0 Å². The molecule has 0 saturated heterocycles. The summed E-state index contributed by atoms with van der Waals surface area (Å²) in [6.07, 6.45) is -4.30. The molecule has 0 radical (unpaired) electrons. The van der Waals surface area contributed by atoms with Crippen LogP contribution in [0.4, 0.5) is 18.9 Å². The van der Waals surface area contributed by atoms with Gasteiger partial charge >= 0.3 is 6.18 Å². The highest BCUT2D eigenvalue weighted by molar-refractivity contribution is 5.45. The summed E-state index contributed by atoms with van der Waals surface area (Å²) >= 11 is 0. The van der Waals surface area contributed by atoms with Crippen molar-refractivity contribution >= 4 is 5.69 Å². The Balaban J connectivity index is 1.77. The molecule has 20 heavy (non-hydrogen) atoms. The summed E-state index contributed by atoms with van der Waals surface area (Å²) in [4.78, 5) is 0. The van der Waals surface area contributed by atoms with Gasteiger partial charge in [-0.25, -0.2) is 0 Å². The van der Waals surface area contributed by atoms with Crippen molar-refractivity contribution in [1.29, 1.82) is 0 Å². The van der Waals surface area contributed by atoms with E-state index in [1.807, 2.05) is 30.3 Å². The first-order chi connectivity index (χ1) is 9.55. The zero-order chi connectivity index (χ0) is 14.4. The van der Waals surface area contributed by atoms with Crippen molar-refractivity contribution in [3.63, 3.8) is 0 Å². The van der Waals surface area contributed by atoms with Crippen LogP contribution in [0.2, 0.25) is 0 Å². The molecule has 0 aliphatic carbocycles. The second-order valence-electron chi connectivity index (χ2n) is 4.16. The molecule has 106 valence electrons. The molecule has 0 heterocycles. The lowest BCUT2D eigenvalue weighted by Crippen LogP contribution is -2.11. The van der Waals surface area contributed by atoms with Crippen molar-refractivity contribution in [1.82, 2.24) is 0 Å². The lowest BCUT2D eigenvalue weighted by Gasteiger charge is -2.10. The van der Waals surface area contributed by atoms with Gasteiger partial charge in [-0.1, -0.05) is 18.2 Å².